The molecule has 1 aromatic rings. The number of rotatable bonds is 3. The Labute approximate surface area is 92.1 Å². The van der Waals surface area contributed by atoms with E-state index in [4.69, 9.17) is 10.5 Å². The van der Waals surface area contributed by atoms with Crippen LogP contribution < -0.4 is 15.9 Å². The molecule has 3 N–H and O–H groups in total. The van der Waals surface area contributed by atoms with Gasteiger partial charge in [0.1, 0.15) is 0 Å². The maximum Gasteiger partial charge on any atom is 0.332 e. The lowest BCUT2D eigenvalue weighted by atomic mass is 10.1. The molecule has 0 spiro atoms. The lowest BCUT2D eigenvalue weighted by Crippen LogP contribution is -2.25. The Hall–Kier alpha value is -2.11. The first-order valence-corrected chi connectivity index (χ1v) is 4.48. The summed E-state index contributed by atoms with van der Waals surface area (Å²) in [6, 6.07) is 3.60. The van der Waals surface area contributed by atoms with Crippen molar-refractivity contribution in [2.75, 3.05) is 7.11 Å². The molecule has 0 radical (unpaired) electrons. The molecular formula is C10H12FN3O2. The van der Waals surface area contributed by atoms with Gasteiger partial charge in [-0.2, -0.15) is 5.10 Å². The van der Waals surface area contributed by atoms with Crippen LogP contribution in [-0.4, -0.2) is 18.9 Å². The Morgan fingerprint density at radius 3 is 2.75 bits per heavy atom. The fraction of sp³-hybridized carbons (Fsp3) is 0.200. The number of carbonyl (C=O) groups is 1. The molecule has 0 aliphatic heterocycles. The summed E-state index contributed by atoms with van der Waals surface area (Å²) in [5.74, 6) is -0.340. The van der Waals surface area contributed by atoms with Crippen molar-refractivity contribution in [3.05, 3.63) is 29.6 Å². The second-order valence-electron chi connectivity index (χ2n) is 3.02. The number of methoxy groups -OCH3 is 1. The van der Waals surface area contributed by atoms with Crippen LogP contribution in [0.5, 0.6) is 5.75 Å². The number of hydrogen-bond acceptors (Lipinski definition) is 3. The Kier molecular flexibility index (Phi) is 3.82. The topological polar surface area (TPSA) is 76.7 Å². The monoisotopic (exact) mass is 225 g/mol. The predicted octanol–water partition coefficient (Wildman–Crippen LogP) is 1.23. The zero-order chi connectivity index (χ0) is 12.1. The van der Waals surface area contributed by atoms with E-state index in [1.54, 1.807) is 13.0 Å². The van der Waals surface area contributed by atoms with E-state index in [0.717, 1.165) is 0 Å². The molecule has 0 bridgehead atoms. The normalized spacial score (nSPS) is 11.1. The summed E-state index contributed by atoms with van der Waals surface area (Å²) in [4.78, 5) is 10.4. The molecule has 1 rings (SSSR count). The molecule has 2 amide bonds. The van der Waals surface area contributed by atoms with Gasteiger partial charge in [-0.1, -0.05) is 0 Å². The maximum absolute atomic E-state index is 13.3. The van der Waals surface area contributed by atoms with E-state index in [1.807, 2.05) is 0 Å². The molecule has 0 heterocycles. The number of hydrogen-bond donors (Lipinski definition) is 2. The second-order valence-corrected chi connectivity index (χ2v) is 3.02. The summed E-state index contributed by atoms with van der Waals surface area (Å²) in [7, 11) is 1.38. The first-order valence-electron chi connectivity index (χ1n) is 4.48. The predicted molar refractivity (Wildman–Crippen MR) is 57.9 cm³/mol. The summed E-state index contributed by atoms with van der Waals surface area (Å²) in [5, 5.41) is 3.68. The number of nitrogens with two attached hydrogens (primary N) is 1. The zero-order valence-electron chi connectivity index (χ0n) is 8.95. The van der Waals surface area contributed by atoms with E-state index in [0.29, 0.717) is 11.3 Å². The zero-order valence-corrected chi connectivity index (χ0v) is 8.95. The van der Waals surface area contributed by atoms with Gasteiger partial charge >= 0.3 is 6.03 Å². The van der Waals surface area contributed by atoms with Gasteiger partial charge < -0.3 is 10.5 Å². The number of nitrogens with zero attached hydrogens (tertiary/aromatic N) is 1. The molecule has 1 aromatic carbocycles. The summed E-state index contributed by atoms with van der Waals surface area (Å²) >= 11 is 0. The van der Waals surface area contributed by atoms with Gasteiger partial charge in [0.15, 0.2) is 11.6 Å². The number of urea groups is 1. The van der Waals surface area contributed by atoms with Crippen molar-refractivity contribution in [1.29, 1.82) is 0 Å². The molecule has 6 heteroatoms. The van der Waals surface area contributed by atoms with Crippen LogP contribution >= 0.6 is 0 Å². The largest absolute Gasteiger partial charge is 0.494 e. The Bertz CT molecular complexity index is 432. The SMILES string of the molecule is COc1ccc(/C(C)=N\NC(N)=O)cc1F. The van der Waals surface area contributed by atoms with Gasteiger partial charge in [-0.05, 0) is 25.1 Å². The van der Waals surface area contributed by atoms with Gasteiger partial charge in [0.2, 0.25) is 0 Å². The lowest BCUT2D eigenvalue weighted by Gasteiger charge is -2.04. The van der Waals surface area contributed by atoms with Crippen molar-refractivity contribution in [2.45, 2.75) is 6.92 Å². The van der Waals surface area contributed by atoms with E-state index in [2.05, 4.69) is 10.5 Å². The highest BCUT2D eigenvalue weighted by atomic mass is 19.1. The minimum atomic E-state index is -0.770. The van der Waals surface area contributed by atoms with Crippen molar-refractivity contribution >= 4 is 11.7 Å². The van der Waals surface area contributed by atoms with E-state index in [9.17, 15) is 9.18 Å². The van der Waals surface area contributed by atoms with Crippen molar-refractivity contribution in [3.63, 3.8) is 0 Å². The van der Waals surface area contributed by atoms with E-state index in [-0.39, 0.29) is 5.75 Å². The van der Waals surface area contributed by atoms with Crippen molar-refractivity contribution in [1.82, 2.24) is 5.43 Å². The van der Waals surface area contributed by atoms with Crippen LogP contribution in [0.25, 0.3) is 0 Å². The maximum atomic E-state index is 13.3. The number of ether oxygens (including phenoxy) is 1. The molecular weight excluding hydrogens is 213 g/mol. The molecule has 0 aromatic heterocycles. The van der Waals surface area contributed by atoms with Crippen molar-refractivity contribution in [2.24, 2.45) is 10.8 Å². The average Bonchev–Trinajstić information content (AvgIpc) is 2.25. The first-order chi connectivity index (χ1) is 7.54. The van der Waals surface area contributed by atoms with Crippen LogP contribution in [0.15, 0.2) is 23.3 Å². The van der Waals surface area contributed by atoms with Gasteiger partial charge in [-0.3, -0.25) is 0 Å². The van der Waals surface area contributed by atoms with Gasteiger partial charge in [0.05, 0.1) is 12.8 Å². The Balaban J connectivity index is 2.92. The average molecular weight is 225 g/mol. The standard InChI is InChI=1S/C10H12FN3O2/c1-6(13-14-10(12)15)7-3-4-9(16-2)8(11)5-7/h3-5H,1-2H3,(H3,12,14,15)/b13-6-. The van der Waals surface area contributed by atoms with Gasteiger partial charge in [-0.25, -0.2) is 14.6 Å². The molecule has 0 aliphatic carbocycles. The smallest absolute Gasteiger partial charge is 0.332 e. The minimum Gasteiger partial charge on any atom is -0.494 e. The number of amides is 2. The van der Waals surface area contributed by atoms with Gasteiger partial charge in [0.25, 0.3) is 0 Å². The van der Waals surface area contributed by atoms with Crippen molar-refractivity contribution < 1.29 is 13.9 Å². The van der Waals surface area contributed by atoms with E-state index in [1.165, 1.54) is 19.2 Å². The van der Waals surface area contributed by atoms with Crippen LogP contribution in [0.4, 0.5) is 9.18 Å². The number of nitrogens with one attached hydrogen (secondary N) is 1. The fourth-order valence-corrected chi connectivity index (χ4v) is 1.09. The Morgan fingerprint density at radius 1 is 1.56 bits per heavy atom. The number of benzene rings is 1. The highest BCUT2D eigenvalue weighted by Crippen LogP contribution is 2.17. The molecule has 16 heavy (non-hydrogen) atoms. The molecule has 5 nitrogen and oxygen atoms in total. The van der Waals surface area contributed by atoms with Crippen LogP contribution in [0.3, 0.4) is 0 Å². The summed E-state index contributed by atoms with van der Waals surface area (Å²) in [5.41, 5.74) is 7.89. The molecule has 0 saturated heterocycles. The molecule has 0 saturated carbocycles. The number of hydrazone groups is 1. The first kappa shape index (κ1) is 12.0. The molecule has 0 aliphatic rings. The molecule has 0 fully saturated rings. The number of primary amides is 1. The quantitative estimate of drug-likeness (QED) is 0.599. The van der Waals surface area contributed by atoms with Gasteiger partial charge in [-0.15, -0.1) is 0 Å². The summed E-state index contributed by atoms with van der Waals surface area (Å²) < 4.78 is 18.1. The van der Waals surface area contributed by atoms with Crippen LogP contribution in [0.1, 0.15) is 12.5 Å². The summed E-state index contributed by atoms with van der Waals surface area (Å²) in [6.07, 6.45) is 0. The van der Waals surface area contributed by atoms with E-state index >= 15 is 0 Å². The number of halogens is 1. The lowest BCUT2D eigenvalue weighted by molar-refractivity contribution is 0.249. The molecule has 86 valence electrons. The van der Waals surface area contributed by atoms with Crippen LogP contribution in [-0.2, 0) is 0 Å². The molecule has 0 unspecified atom stereocenters. The third kappa shape index (κ3) is 2.94. The number of carbonyl (C=O) groups excluding carboxylic acids is 1. The highest BCUT2D eigenvalue weighted by molar-refractivity contribution is 5.99. The third-order valence-electron chi connectivity index (χ3n) is 1.90. The van der Waals surface area contributed by atoms with Crippen LogP contribution in [0, 0.1) is 5.82 Å². The molecule has 0 atom stereocenters. The Morgan fingerprint density at radius 2 is 2.25 bits per heavy atom. The second kappa shape index (κ2) is 5.11. The minimum absolute atomic E-state index is 0.152. The van der Waals surface area contributed by atoms with Gasteiger partial charge in [0, 0.05) is 5.56 Å². The summed E-state index contributed by atoms with van der Waals surface area (Å²) in [6.45, 7) is 1.62. The van der Waals surface area contributed by atoms with Crippen molar-refractivity contribution in [3.8, 4) is 5.75 Å². The highest BCUT2D eigenvalue weighted by Gasteiger charge is 2.05. The fourth-order valence-electron chi connectivity index (χ4n) is 1.09. The third-order valence-corrected chi connectivity index (χ3v) is 1.90. The van der Waals surface area contributed by atoms with Crippen LogP contribution in [0.2, 0.25) is 0 Å². The van der Waals surface area contributed by atoms with E-state index < -0.39 is 11.8 Å².